The summed E-state index contributed by atoms with van der Waals surface area (Å²) in [5, 5.41) is 2.40. The third kappa shape index (κ3) is 3.54. The first-order valence-corrected chi connectivity index (χ1v) is 5.99. The van der Waals surface area contributed by atoms with Crippen LogP contribution in [0.2, 0.25) is 0 Å². The van der Waals surface area contributed by atoms with Crippen molar-refractivity contribution in [3.8, 4) is 5.75 Å². The summed E-state index contributed by atoms with van der Waals surface area (Å²) in [6.07, 6.45) is 0. The summed E-state index contributed by atoms with van der Waals surface area (Å²) in [7, 11) is 0. The molecule has 0 aliphatic carbocycles. The van der Waals surface area contributed by atoms with E-state index in [9.17, 15) is 13.6 Å². The van der Waals surface area contributed by atoms with Crippen LogP contribution in [0.3, 0.4) is 0 Å². The van der Waals surface area contributed by atoms with Gasteiger partial charge in [0.1, 0.15) is 17.4 Å². The average Bonchev–Trinajstić information content (AvgIpc) is 2.40. The monoisotopic (exact) mass is 277 g/mol. The Balaban J connectivity index is 1.94. The molecule has 1 N–H and O–H groups in total. The zero-order chi connectivity index (χ0) is 14.5. The second kappa shape index (κ2) is 6.14. The number of hydrogen-bond acceptors (Lipinski definition) is 2. The van der Waals surface area contributed by atoms with E-state index in [-0.39, 0.29) is 18.1 Å². The van der Waals surface area contributed by atoms with Crippen LogP contribution in [0.15, 0.2) is 42.5 Å². The maximum Gasteiger partial charge on any atom is 0.262 e. The molecule has 2 aromatic carbocycles. The summed E-state index contributed by atoms with van der Waals surface area (Å²) in [6.45, 7) is 1.40. The predicted molar refractivity (Wildman–Crippen MR) is 71.7 cm³/mol. The Morgan fingerprint density at radius 3 is 2.65 bits per heavy atom. The van der Waals surface area contributed by atoms with Gasteiger partial charge in [0.05, 0.1) is 5.69 Å². The Kier molecular flexibility index (Phi) is 4.30. The Labute approximate surface area is 115 Å². The van der Waals surface area contributed by atoms with Crippen molar-refractivity contribution in [2.45, 2.75) is 6.92 Å². The second-order valence-corrected chi connectivity index (χ2v) is 4.23. The first-order chi connectivity index (χ1) is 9.56. The SMILES string of the molecule is Cc1cc(F)ccc1OCC(=O)Nc1ccccc1F. The lowest BCUT2D eigenvalue weighted by molar-refractivity contribution is -0.118. The number of anilines is 1. The lowest BCUT2D eigenvalue weighted by Crippen LogP contribution is -2.21. The molecule has 0 saturated heterocycles. The number of aryl methyl sites for hydroxylation is 1. The molecule has 20 heavy (non-hydrogen) atoms. The van der Waals surface area contributed by atoms with Gasteiger partial charge in [0.25, 0.3) is 5.91 Å². The molecule has 3 nitrogen and oxygen atoms in total. The fourth-order valence-corrected chi connectivity index (χ4v) is 1.67. The predicted octanol–water partition coefficient (Wildman–Crippen LogP) is 3.29. The second-order valence-electron chi connectivity index (χ2n) is 4.23. The molecule has 0 radical (unpaired) electrons. The largest absolute Gasteiger partial charge is 0.483 e. The molecule has 0 atom stereocenters. The van der Waals surface area contributed by atoms with Crippen molar-refractivity contribution in [2.24, 2.45) is 0 Å². The number of halogens is 2. The minimum atomic E-state index is -0.515. The molecule has 1 amide bonds. The zero-order valence-electron chi connectivity index (χ0n) is 10.8. The summed E-state index contributed by atoms with van der Waals surface area (Å²) >= 11 is 0. The minimum Gasteiger partial charge on any atom is -0.483 e. The van der Waals surface area contributed by atoms with E-state index < -0.39 is 11.7 Å². The highest BCUT2D eigenvalue weighted by molar-refractivity contribution is 5.91. The summed E-state index contributed by atoms with van der Waals surface area (Å²) in [4.78, 5) is 11.6. The molecular weight excluding hydrogens is 264 g/mol. The van der Waals surface area contributed by atoms with E-state index in [1.807, 2.05) is 0 Å². The lowest BCUT2D eigenvalue weighted by Gasteiger charge is -2.10. The van der Waals surface area contributed by atoms with Crippen molar-refractivity contribution in [3.63, 3.8) is 0 Å². The van der Waals surface area contributed by atoms with Crippen LogP contribution in [-0.2, 0) is 4.79 Å². The van der Waals surface area contributed by atoms with Crippen molar-refractivity contribution >= 4 is 11.6 Å². The van der Waals surface area contributed by atoms with Crippen molar-refractivity contribution in [3.05, 3.63) is 59.7 Å². The number of amides is 1. The molecule has 0 fully saturated rings. The summed E-state index contributed by atoms with van der Waals surface area (Å²) < 4.78 is 31.5. The molecular formula is C15H13F2NO2. The van der Waals surface area contributed by atoms with E-state index in [0.29, 0.717) is 11.3 Å². The number of nitrogens with one attached hydrogen (secondary N) is 1. The minimum absolute atomic E-state index is 0.0944. The van der Waals surface area contributed by atoms with Crippen LogP contribution in [0, 0.1) is 18.6 Å². The van der Waals surface area contributed by atoms with Gasteiger partial charge < -0.3 is 10.1 Å². The molecule has 0 aliphatic heterocycles. The Bertz CT molecular complexity index is 629. The van der Waals surface area contributed by atoms with Crippen LogP contribution < -0.4 is 10.1 Å². The van der Waals surface area contributed by atoms with Gasteiger partial charge in [-0.15, -0.1) is 0 Å². The van der Waals surface area contributed by atoms with Gasteiger partial charge in [-0.2, -0.15) is 0 Å². The van der Waals surface area contributed by atoms with Gasteiger partial charge >= 0.3 is 0 Å². The molecule has 5 heteroatoms. The third-order valence-corrected chi connectivity index (χ3v) is 2.64. The molecule has 0 heterocycles. The molecule has 0 unspecified atom stereocenters. The van der Waals surface area contributed by atoms with E-state index in [1.165, 1.54) is 36.4 Å². The third-order valence-electron chi connectivity index (χ3n) is 2.64. The molecule has 0 saturated carbocycles. The fraction of sp³-hybridized carbons (Fsp3) is 0.133. The quantitative estimate of drug-likeness (QED) is 0.931. The molecule has 0 aliphatic rings. The first-order valence-electron chi connectivity index (χ1n) is 5.99. The Morgan fingerprint density at radius 2 is 1.95 bits per heavy atom. The summed E-state index contributed by atoms with van der Waals surface area (Å²) in [6, 6.07) is 9.85. The number of hydrogen-bond donors (Lipinski definition) is 1. The van der Waals surface area contributed by atoms with Gasteiger partial charge in [-0.1, -0.05) is 12.1 Å². The lowest BCUT2D eigenvalue weighted by atomic mass is 10.2. The highest BCUT2D eigenvalue weighted by Gasteiger charge is 2.08. The highest BCUT2D eigenvalue weighted by Crippen LogP contribution is 2.18. The van der Waals surface area contributed by atoms with E-state index >= 15 is 0 Å². The van der Waals surface area contributed by atoms with Crippen LogP contribution in [0.25, 0.3) is 0 Å². The van der Waals surface area contributed by atoms with Gasteiger partial charge in [-0.25, -0.2) is 8.78 Å². The molecule has 0 aromatic heterocycles. The van der Waals surface area contributed by atoms with Gasteiger partial charge in [0.2, 0.25) is 0 Å². The molecule has 2 rings (SSSR count). The number of carbonyl (C=O) groups excluding carboxylic acids is 1. The Hall–Kier alpha value is -2.43. The smallest absolute Gasteiger partial charge is 0.262 e. The number of rotatable bonds is 4. The first kappa shape index (κ1) is 14.0. The van der Waals surface area contributed by atoms with Crippen LogP contribution >= 0.6 is 0 Å². The molecule has 2 aromatic rings. The van der Waals surface area contributed by atoms with Gasteiger partial charge in [0, 0.05) is 0 Å². The zero-order valence-corrected chi connectivity index (χ0v) is 10.8. The van der Waals surface area contributed by atoms with E-state index in [2.05, 4.69) is 5.32 Å². The van der Waals surface area contributed by atoms with Gasteiger partial charge in [-0.3, -0.25) is 4.79 Å². The molecule has 0 spiro atoms. The summed E-state index contributed by atoms with van der Waals surface area (Å²) in [5.74, 6) is -0.960. The van der Waals surface area contributed by atoms with Gasteiger partial charge in [0.15, 0.2) is 6.61 Å². The molecule has 0 bridgehead atoms. The van der Waals surface area contributed by atoms with E-state index in [1.54, 1.807) is 13.0 Å². The van der Waals surface area contributed by atoms with E-state index in [4.69, 9.17) is 4.74 Å². The number of benzene rings is 2. The standard InChI is InChI=1S/C15H13F2NO2/c1-10-8-11(16)6-7-14(10)20-9-15(19)18-13-5-3-2-4-12(13)17/h2-8H,9H2,1H3,(H,18,19). The maximum absolute atomic E-state index is 13.3. The maximum atomic E-state index is 13.3. The van der Waals surface area contributed by atoms with Crippen molar-refractivity contribution in [1.82, 2.24) is 0 Å². The topological polar surface area (TPSA) is 38.3 Å². The van der Waals surface area contributed by atoms with Crippen LogP contribution in [-0.4, -0.2) is 12.5 Å². The molecule has 104 valence electrons. The fourth-order valence-electron chi connectivity index (χ4n) is 1.67. The highest BCUT2D eigenvalue weighted by atomic mass is 19.1. The average molecular weight is 277 g/mol. The van der Waals surface area contributed by atoms with Gasteiger partial charge in [-0.05, 0) is 42.8 Å². The van der Waals surface area contributed by atoms with Crippen LogP contribution in [0.5, 0.6) is 5.75 Å². The number of para-hydroxylation sites is 1. The summed E-state index contributed by atoms with van der Waals surface area (Å²) in [5.41, 5.74) is 0.681. The normalized spacial score (nSPS) is 10.2. The number of carbonyl (C=O) groups is 1. The number of ether oxygens (including phenoxy) is 1. The van der Waals surface area contributed by atoms with Crippen molar-refractivity contribution < 1.29 is 18.3 Å². The van der Waals surface area contributed by atoms with Crippen molar-refractivity contribution in [2.75, 3.05) is 11.9 Å². The van der Waals surface area contributed by atoms with E-state index in [0.717, 1.165) is 0 Å². The Morgan fingerprint density at radius 1 is 1.20 bits per heavy atom. The van der Waals surface area contributed by atoms with Crippen LogP contribution in [0.1, 0.15) is 5.56 Å². The van der Waals surface area contributed by atoms with Crippen LogP contribution in [0.4, 0.5) is 14.5 Å². The van der Waals surface area contributed by atoms with Crippen molar-refractivity contribution in [1.29, 1.82) is 0 Å².